The smallest absolute Gasteiger partial charge is 0.261 e. The van der Waals surface area contributed by atoms with Crippen LogP contribution in [0.3, 0.4) is 0 Å². The summed E-state index contributed by atoms with van der Waals surface area (Å²) in [7, 11) is 0. The summed E-state index contributed by atoms with van der Waals surface area (Å²) in [6, 6.07) is 11.6. The van der Waals surface area contributed by atoms with Crippen LogP contribution in [0, 0.1) is 0 Å². The standard InChI is InChI=1S/C18H16N4O2/c23-18(16-9-14-3-1-2-4-15(14)24-16)21-11-13-5-6-17(20-10-13)22-8-7-19-12-22/h1-8,10,12,16H,9,11H2,(H,21,23)/t16-/m1/s1. The van der Waals surface area contributed by atoms with Crippen LogP contribution in [0.1, 0.15) is 11.1 Å². The molecule has 0 fully saturated rings. The zero-order valence-electron chi connectivity index (χ0n) is 12.9. The second-order valence-corrected chi connectivity index (χ2v) is 5.63. The molecule has 2 aromatic heterocycles. The molecule has 0 saturated carbocycles. The van der Waals surface area contributed by atoms with Gasteiger partial charge in [0.1, 0.15) is 17.9 Å². The number of ether oxygens (including phenoxy) is 1. The van der Waals surface area contributed by atoms with E-state index in [1.54, 1.807) is 18.7 Å². The largest absolute Gasteiger partial charge is 0.480 e. The van der Waals surface area contributed by atoms with Gasteiger partial charge in [-0.3, -0.25) is 9.36 Å². The molecule has 1 N–H and O–H groups in total. The van der Waals surface area contributed by atoms with Gasteiger partial charge in [0.2, 0.25) is 0 Å². The highest BCUT2D eigenvalue weighted by Gasteiger charge is 2.28. The molecule has 1 atom stereocenters. The molecule has 3 aromatic rings. The number of carbonyl (C=O) groups excluding carboxylic acids is 1. The number of imidazole rings is 1. The molecule has 0 radical (unpaired) electrons. The van der Waals surface area contributed by atoms with Gasteiger partial charge in [-0.05, 0) is 23.3 Å². The fourth-order valence-corrected chi connectivity index (χ4v) is 2.70. The summed E-state index contributed by atoms with van der Waals surface area (Å²) in [4.78, 5) is 20.6. The summed E-state index contributed by atoms with van der Waals surface area (Å²) in [6.07, 6.45) is 7.13. The molecule has 0 unspecified atom stereocenters. The Labute approximate surface area is 139 Å². The normalized spacial score (nSPS) is 15.6. The monoisotopic (exact) mass is 320 g/mol. The first-order valence-electron chi connectivity index (χ1n) is 7.75. The highest BCUT2D eigenvalue weighted by atomic mass is 16.5. The maximum atomic E-state index is 12.3. The molecule has 120 valence electrons. The number of pyridine rings is 1. The van der Waals surface area contributed by atoms with E-state index >= 15 is 0 Å². The number of nitrogens with one attached hydrogen (secondary N) is 1. The third-order valence-electron chi connectivity index (χ3n) is 3.98. The lowest BCUT2D eigenvalue weighted by Gasteiger charge is -2.11. The van der Waals surface area contributed by atoms with E-state index in [4.69, 9.17) is 4.74 Å². The van der Waals surface area contributed by atoms with E-state index in [0.29, 0.717) is 13.0 Å². The Morgan fingerprint density at radius 2 is 2.21 bits per heavy atom. The van der Waals surface area contributed by atoms with Gasteiger partial charge in [-0.1, -0.05) is 24.3 Å². The van der Waals surface area contributed by atoms with Crippen molar-refractivity contribution in [2.24, 2.45) is 0 Å². The van der Waals surface area contributed by atoms with Crippen LogP contribution in [0.15, 0.2) is 61.3 Å². The predicted octanol–water partition coefficient (Wildman–Crippen LogP) is 1.89. The molecule has 6 heteroatoms. The maximum absolute atomic E-state index is 12.3. The molecule has 6 nitrogen and oxygen atoms in total. The molecular weight excluding hydrogens is 304 g/mol. The van der Waals surface area contributed by atoms with Gasteiger partial charge in [0.15, 0.2) is 6.10 Å². The van der Waals surface area contributed by atoms with Crippen LogP contribution < -0.4 is 10.1 Å². The Kier molecular flexibility index (Phi) is 3.70. The molecule has 1 amide bonds. The molecule has 1 aliphatic heterocycles. The minimum absolute atomic E-state index is 0.107. The highest BCUT2D eigenvalue weighted by Crippen LogP contribution is 2.28. The van der Waals surface area contributed by atoms with E-state index < -0.39 is 6.10 Å². The van der Waals surface area contributed by atoms with Crippen LogP contribution in [0.4, 0.5) is 0 Å². The molecular formula is C18H16N4O2. The van der Waals surface area contributed by atoms with Gasteiger partial charge >= 0.3 is 0 Å². The summed E-state index contributed by atoms with van der Waals surface area (Å²) in [5.41, 5.74) is 2.01. The Morgan fingerprint density at radius 3 is 2.96 bits per heavy atom. The number of hydrogen-bond acceptors (Lipinski definition) is 4. The van der Waals surface area contributed by atoms with Crippen LogP contribution in [0.5, 0.6) is 5.75 Å². The zero-order valence-corrected chi connectivity index (χ0v) is 12.9. The number of fused-ring (bicyclic) bond motifs is 1. The molecule has 4 rings (SSSR count). The van der Waals surface area contributed by atoms with Crippen molar-refractivity contribution in [3.05, 3.63) is 72.4 Å². The molecule has 1 aromatic carbocycles. The number of para-hydroxylation sites is 1. The summed E-state index contributed by atoms with van der Waals surface area (Å²) in [5.74, 6) is 1.48. The van der Waals surface area contributed by atoms with Crippen LogP contribution in [-0.2, 0) is 17.8 Å². The summed E-state index contributed by atoms with van der Waals surface area (Å²) < 4.78 is 7.51. The predicted molar refractivity (Wildman–Crippen MR) is 87.8 cm³/mol. The van der Waals surface area contributed by atoms with Gasteiger partial charge in [0.05, 0.1) is 0 Å². The first-order valence-corrected chi connectivity index (χ1v) is 7.75. The lowest BCUT2D eigenvalue weighted by Crippen LogP contribution is -2.37. The van der Waals surface area contributed by atoms with Gasteiger partial charge in [-0.2, -0.15) is 0 Å². The summed E-state index contributed by atoms with van der Waals surface area (Å²) in [5, 5.41) is 2.91. The van der Waals surface area contributed by atoms with Crippen molar-refractivity contribution >= 4 is 5.91 Å². The first kappa shape index (κ1) is 14.4. The summed E-state index contributed by atoms with van der Waals surface area (Å²) >= 11 is 0. The van der Waals surface area contributed by atoms with Gasteiger partial charge in [-0.25, -0.2) is 9.97 Å². The Hall–Kier alpha value is -3.15. The highest BCUT2D eigenvalue weighted by molar-refractivity contribution is 5.82. The van der Waals surface area contributed by atoms with Crippen LogP contribution >= 0.6 is 0 Å². The Morgan fingerprint density at radius 1 is 1.29 bits per heavy atom. The number of nitrogens with zero attached hydrogens (tertiary/aromatic N) is 3. The van der Waals surface area contributed by atoms with Crippen molar-refractivity contribution in [1.29, 1.82) is 0 Å². The summed E-state index contributed by atoms with van der Waals surface area (Å²) in [6.45, 7) is 0.423. The van der Waals surface area contributed by atoms with Crippen molar-refractivity contribution in [2.75, 3.05) is 0 Å². The van der Waals surface area contributed by atoms with Crippen molar-refractivity contribution in [3.63, 3.8) is 0 Å². The Balaban J connectivity index is 1.35. The Bertz CT molecular complexity index is 819. The molecule has 1 aliphatic rings. The lowest BCUT2D eigenvalue weighted by molar-refractivity contribution is -0.127. The molecule has 24 heavy (non-hydrogen) atoms. The van der Waals surface area contributed by atoms with Crippen LogP contribution in [0.2, 0.25) is 0 Å². The van der Waals surface area contributed by atoms with Crippen LogP contribution in [-0.4, -0.2) is 26.5 Å². The van der Waals surface area contributed by atoms with Gasteiger partial charge in [0.25, 0.3) is 5.91 Å². The second-order valence-electron chi connectivity index (χ2n) is 5.63. The second kappa shape index (κ2) is 6.16. The van der Waals surface area contributed by atoms with Gasteiger partial charge < -0.3 is 10.1 Å². The average molecular weight is 320 g/mol. The van der Waals surface area contributed by atoms with E-state index in [2.05, 4.69) is 15.3 Å². The number of aromatic nitrogens is 3. The fourth-order valence-electron chi connectivity index (χ4n) is 2.70. The minimum atomic E-state index is -0.458. The molecule has 0 saturated heterocycles. The van der Waals surface area contributed by atoms with Gasteiger partial charge in [0, 0.05) is 31.6 Å². The number of hydrogen-bond donors (Lipinski definition) is 1. The van der Waals surface area contributed by atoms with Crippen molar-refractivity contribution < 1.29 is 9.53 Å². The molecule has 3 heterocycles. The average Bonchev–Trinajstić information content (AvgIpc) is 3.29. The molecule has 0 bridgehead atoms. The maximum Gasteiger partial charge on any atom is 0.261 e. The van der Waals surface area contributed by atoms with E-state index in [-0.39, 0.29) is 5.91 Å². The zero-order chi connectivity index (χ0) is 16.4. The lowest BCUT2D eigenvalue weighted by atomic mass is 10.1. The topological polar surface area (TPSA) is 69.0 Å². The quantitative estimate of drug-likeness (QED) is 0.797. The fraction of sp³-hybridized carbons (Fsp3) is 0.167. The molecule has 0 aliphatic carbocycles. The third-order valence-corrected chi connectivity index (χ3v) is 3.98. The van der Waals surface area contributed by atoms with Crippen molar-refractivity contribution in [3.8, 4) is 11.6 Å². The van der Waals surface area contributed by atoms with Crippen molar-refractivity contribution in [2.45, 2.75) is 19.1 Å². The number of carbonyl (C=O) groups is 1. The van der Waals surface area contributed by atoms with Crippen LogP contribution in [0.25, 0.3) is 5.82 Å². The van der Waals surface area contributed by atoms with Gasteiger partial charge in [-0.15, -0.1) is 0 Å². The van der Waals surface area contributed by atoms with E-state index in [9.17, 15) is 4.79 Å². The number of rotatable bonds is 4. The minimum Gasteiger partial charge on any atom is -0.480 e. The SMILES string of the molecule is O=C(NCc1ccc(-n2ccnc2)nc1)[C@H]1Cc2ccccc2O1. The van der Waals surface area contributed by atoms with Crippen molar-refractivity contribution in [1.82, 2.24) is 19.9 Å². The number of benzene rings is 1. The molecule has 0 spiro atoms. The van der Waals surface area contributed by atoms with E-state index in [1.807, 2.05) is 47.2 Å². The first-order chi connectivity index (χ1) is 11.8. The third kappa shape index (κ3) is 2.86. The number of amides is 1. The van der Waals surface area contributed by atoms with E-state index in [0.717, 1.165) is 22.7 Å². The van der Waals surface area contributed by atoms with E-state index in [1.165, 1.54) is 0 Å².